The highest BCUT2D eigenvalue weighted by Crippen LogP contribution is 2.14. The molecule has 1 amide bonds. The second-order valence-corrected chi connectivity index (χ2v) is 8.90. The molecule has 1 N–H and O–H groups in total. The molecule has 0 spiro atoms. The number of carbonyl (C=O) groups is 1. The molecule has 0 aromatic heterocycles. The average molecular weight is 341 g/mol. The standard InChI is InChI=1S/C17H27NO4S/c1-12(2)23(20,21)14(4)17(19)18-13(3)6-7-15-8-10-16(22-5)11-9-15/h8-14H,6-7H2,1-5H3,(H,18,19)/t13-,14+/m0/s1. The van der Waals surface area contributed by atoms with Gasteiger partial charge in [0.2, 0.25) is 5.91 Å². The summed E-state index contributed by atoms with van der Waals surface area (Å²) < 4.78 is 29.2. The number of amides is 1. The molecule has 130 valence electrons. The molecule has 0 radical (unpaired) electrons. The Morgan fingerprint density at radius 3 is 2.17 bits per heavy atom. The summed E-state index contributed by atoms with van der Waals surface area (Å²) in [7, 11) is -1.80. The third kappa shape index (κ3) is 5.53. The predicted octanol–water partition coefficient (Wildman–Crippen LogP) is 2.34. The Balaban J connectivity index is 2.52. The molecule has 1 rings (SSSR count). The number of nitrogens with one attached hydrogen (secondary N) is 1. The van der Waals surface area contributed by atoms with Gasteiger partial charge in [-0.2, -0.15) is 0 Å². The number of ether oxygens (including phenoxy) is 1. The molecular formula is C17H27NO4S. The molecular weight excluding hydrogens is 314 g/mol. The van der Waals surface area contributed by atoms with Gasteiger partial charge in [-0.1, -0.05) is 12.1 Å². The highest BCUT2D eigenvalue weighted by molar-refractivity contribution is 7.93. The normalized spacial score (nSPS) is 14.3. The molecule has 6 heteroatoms. The first-order valence-electron chi connectivity index (χ1n) is 7.84. The van der Waals surface area contributed by atoms with Gasteiger partial charge >= 0.3 is 0 Å². The third-order valence-electron chi connectivity index (χ3n) is 3.93. The van der Waals surface area contributed by atoms with Gasteiger partial charge in [-0.25, -0.2) is 8.42 Å². The van der Waals surface area contributed by atoms with Gasteiger partial charge in [0.15, 0.2) is 9.84 Å². The van der Waals surface area contributed by atoms with E-state index in [1.807, 2.05) is 31.2 Å². The first-order chi connectivity index (χ1) is 10.7. The molecule has 0 saturated carbocycles. The van der Waals surface area contributed by atoms with Gasteiger partial charge in [0.25, 0.3) is 0 Å². The fourth-order valence-electron chi connectivity index (χ4n) is 2.17. The van der Waals surface area contributed by atoms with E-state index in [2.05, 4.69) is 5.32 Å². The zero-order valence-corrected chi connectivity index (χ0v) is 15.3. The summed E-state index contributed by atoms with van der Waals surface area (Å²) in [5.41, 5.74) is 1.15. The van der Waals surface area contributed by atoms with Crippen LogP contribution >= 0.6 is 0 Å². The van der Waals surface area contributed by atoms with Crippen molar-refractivity contribution in [3.05, 3.63) is 29.8 Å². The van der Waals surface area contributed by atoms with Crippen LogP contribution in [0, 0.1) is 0 Å². The molecule has 1 aromatic rings. The van der Waals surface area contributed by atoms with Crippen molar-refractivity contribution in [1.82, 2.24) is 5.32 Å². The molecule has 0 aliphatic carbocycles. The van der Waals surface area contributed by atoms with E-state index in [1.54, 1.807) is 21.0 Å². The molecule has 0 unspecified atom stereocenters. The maximum absolute atomic E-state index is 12.1. The van der Waals surface area contributed by atoms with Crippen molar-refractivity contribution in [3.63, 3.8) is 0 Å². The Kier molecular flexibility index (Phi) is 7.06. The first-order valence-corrected chi connectivity index (χ1v) is 9.45. The van der Waals surface area contributed by atoms with Crippen molar-refractivity contribution >= 4 is 15.7 Å². The molecule has 0 saturated heterocycles. The molecule has 0 heterocycles. The first kappa shape index (κ1) is 19.5. The highest BCUT2D eigenvalue weighted by atomic mass is 32.2. The average Bonchev–Trinajstić information content (AvgIpc) is 2.52. The van der Waals surface area contributed by atoms with Crippen molar-refractivity contribution in [2.75, 3.05) is 7.11 Å². The third-order valence-corrected chi connectivity index (χ3v) is 6.45. The maximum atomic E-state index is 12.1. The highest BCUT2D eigenvalue weighted by Gasteiger charge is 2.31. The lowest BCUT2D eigenvalue weighted by molar-refractivity contribution is -0.121. The second kappa shape index (κ2) is 8.34. The molecule has 0 fully saturated rings. The Morgan fingerprint density at radius 2 is 1.70 bits per heavy atom. The van der Waals surface area contributed by atoms with E-state index in [9.17, 15) is 13.2 Å². The largest absolute Gasteiger partial charge is 0.497 e. The van der Waals surface area contributed by atoms with Crippen LogP contribution in [-0.4, -0.2) is 38.0 Å². The van der Waals surface area contributed by atoms with Crippen LogP contribution in [0.1, 0.15) is 39.7 Å². The number of hydrogen-bond donors (Lipinski definition) is 1. The zero-order valence-electron chi connectivity index (χ0n) is 14.5. The Bertz CT molecular complexity index is 608. The summed E-state index contributed by atoms with van der Waals surface area (Å²) in [6.45, 7) is 6.51. The number of aryl methyl sites for hydroxylation is 1. The number of sulfone groups is 1. The van der Waals surface area contributed by atoms with Crippen molar-refractivity contribution in [3.8, 4) is 5.75 Å². The van der Waals surface area contributed by atoms with Crippen LogP contribution in [0.5, 0.6) is 5.75 Å². The lowest BCUT2D eigenvalue weighted by atomic mass is 10.1. The van der Waals surface area contributed by atoms with Crippen LogP contribution < -0.4 is 10.1 Å². The summed E-state index contributed by atoms with van der Waals surface area (Å²) in [5, 5.41) is 1.21. The molecule has 5 nitrogen and oxygen atoms in total. The van der Waals surface area contributed by atoms with Gasteiger partial charge in [-0.05, 0) is 58.2 Å². The summed E-state index contributed by atoms with van der Waals surface area (Å²) in [5.74, 6) is 0.378. The summed E-state index contributed by atoms with van der Waals surface area (Å²) in [6.07, 6.45) is 1.54. The van der Waals surface area contributed by atoms with Crippen LogP contribution in [0.4, 0.5) is 0 Å². The number of rotatable bonds is 8. The maximum Gasteiger partial charge on any atom is 0.238 e. The molecule has 1 aromatic carbocycles. The number of carbonyl (C=O) groups excluding carboxylic acids is 1. The van der Waals surface area contributed by atoms with E-state index in [4.69, 9.17) is 4.74 Å². The lowest BCUT2D eigenvalue weighted by Crippen LogP contribution is -2.44. The van der Waals surface area contributed by atoms with Gasteiger partial charge in [0, 0.05) is 6.04 Å². The van der Waals surface area contributed by atoms with Gasteiger partial charge in [-0.3, -0.25) is 4.79 Å². The fraction of sp³-hybridized carbons (Fsp3) is 0.588. The predicted molar refractivity (Wildman–Crippen MR) is 92.4 cm³/mol. The number of benzene rings is 1. The van der Waals surface area contributed by atoms with Gasteiger partial charge in [0.05, 0.1) is 12.4 Å². The van der Waals surface area contributed by atoms with E-state index >= 15 is 0 Å². The van der Waals surface area contributed by atoms with Gasteiger partial charge in [0.1, 0.15) is 11.0 Å². The minimum atomic E-state index is -3.42. The molecule has 0 aliphatic rings. The lowest BCUT2D eigenvalue weighted by Gasteiger charge is -2.19. The van der Waals surface area contributed by atoms with Crippen LogP contribution in [0.15, 0.2) is 24.3 Å². The summed E-state index contributed by atoms with van der Waals surface area (Å²) in [4.78, 5) is 12.1. The molecule has 0 aliphatic heterocycles. The zero-order chi connectivity index (χ0) is 17.6. The van der Waals surface area contributed by atoms with Crippen LogP contribution in [0.3, 0.4) is 0 Å². The minimum Gasteiger partial charge on any atom is -0.497 e. The fourth-order valence-corrected chi connectivity index (χ4v) is 3.35. The second-order valence-electron chi connectivity index (χ2n) is 6.08. The van der Waals surface area contributed by atoms with Crippen LogP contribution in [0.25, 0.3) is 0 Å². The Labute approximate surface area is 139 Å². The Hall–Kier alpha value is -1.56. The van der Waals surface area contributed by atoms with Crippen LogP contribution in [-0.2, 0) is 21.1 Å². The van der Waals surface area contributed by atoms with Crippen molar-refractivity contribution < 1.29 is 17.9 Å². The van der Waals surface area contributed by atoms with Gasteiger partial charge in [-0.15, -0.1) is 0 Å². The van der Waals surface area contributed by atoms with E-state index in [1.165, 1.54) is 6.92 Å². The van der Waals surface area contributed by atoms with E-state index in [-0.39, 0.29) is 6.04 Å². The minimum absolute atomic E-state index is 0.0885. The van der Waals surface area contributed by atoms with Crippen molar-refractivity contribution in [2.45, 2.75) is 57.1 Å². The van der Waals surface area contributed by atoms with E-state index in [0.29, 0.717) is 0 Å². The van der Waals surface area contributed by atoms with Crippen molar-refractivity contribution in [2.24, 2.45) is 0 Å². The molecule has 0 bridgehead atoms. The van der Waals surface area contributed by atoms with E-state index < -0.39 is 26.2 Å². The van der Waals surface area contributed by atoms with E-state index in [0.717, 1.165) is 24.2 Å². The number of hydrogen-bond acceptors (Lipinski definition) is 4. The quantitative estimate of drug-likeness (QED) is 0.788. The van der Waals surface area contributed by atoms with Gasteiger partial charge < -0.3 is 10.1 Å². The topological polar surface area (TPSA) is 72.5 Å². The SMILES string of the molecule is COc1ccc(CC[C@H](C)NC(=O)[C@@H](C)S(=O)(=O)C(C)C)cc1. The smallest absolute Gasteiger partial charge is 0.238 e. The van der Waals surface area contributed by atoms with Crippen molar-refractivity contribution in [1.29, 1.82) is 0 Å². The number of methoxy groups -OCH3 is 1. The Morgan fingerprint density at radius 1 is 1.13 bits per heavy atom. The molecule has 23 heavy (non-hydrogen) atoms. The monoisotopic (exact) mass is 341 g/mol. The summed E-state index contributed by atoms with van der Waals surface area (Å²) in [6, 6.07) is 7.68. The van der Waals surface area contributed by atoms with Crippen LogP contribution in [0.2, 0.25) is 0 Å². The molecule has 2 atom stereocenters. The summed E-state index contributed by atoms with van der Waals surface area (Å²) >= 11 is 0.